The van der Waals surface area contributed by atoms with E-state index in [4.69, 9.17) is 0 Å². The molecular weight excluding hydrogens is 120 g/mol. The van der Waals surface area contributed by atoms with Crippen LogP contribution in [0.2, 0.25) is 0 Å². The molecule has 0 aromatic heterocycles. The molecular formula is C10H18. The van der Waals surface area contributed by atoms with Crippen LogP contribution in [0.15, 0.2) is 11.6 Å². The summed E-state index contributed by atoms with van der Waals surface area (Å²) in [5, 5.41) is 0. The molecule has 1 aliphatic carbocycles. The summed E-state index contributed by atoms with van der Waals surface area (Å²) in [6.07, 6.45) is 3.76. The van der Waals surface area contributed by atoms with Crippen LogP contribution >= 0.6 is 0 Å². The Labute approximate surface area is 64.3 Å². The van der Waals surface area contributed by atoms with Crippen LogP contribution in [0, 0.1) is 17.8 Å². The second-order valence-corrected chi connectivity index (χ2v) is 3.71. The Hall–Kier alpha value is -0.260. The molecule has 0 aromatic rings. The van der Waals surface area contributed by atoms with E-state index in [0.29, 0.717) is 0 Å². The maximum absolute atomic E-state index is 2.43. The van der Waals surface area contributed by atoms with Gasteiger partial charge in [-0.2, -0.15) is 0 Å². The summed E-state index contributed by atoms with van der Waals surface area (Å²) in [5.74, 6) is 2.57. The first-order valence-corrected chi connectivity index (χ1v) is 4.38. The SMILES string of the molecule is CCC1C(=CC(C)C)C1C. The van der Waals surface area contributed by atoms with Crippen molar-refractivity contribution in [3.05, 3.63) is 11.6 Å². The van der Waals surface area contributed by atoms with Crippen LogP contribution in [0.3, 0.4) is 0 Å². The molecule has 1 aliphatic rings. The molecule has 0 spiro atoms. The summed E-state index contributed by atoms with van der Waals surface area (Å²) in [6.45, 7) is 9.13. The first kappa shape index (κ1) is 7.84. The van der Waals surface area contributed by atoms with Crippen LogP contribution in [-0.4, -0.2) is 0 Å². The van der Waals surface area contributed by atoms with Gasteiger partial charge in [-0.3, -0.25) is 0 Å². The third kappa shape index (κ3) is 1.42. The lowest BCUT2D eigenvalue weighted by atomic mass is 10.2. The maximum atomic E-state index is 2.43. The molecule has 10 heavy (non-hydrogen) atoms. The largest absolute Gasteiger partial charge is 0.0822 e. The van der Waals surface area contributed by atoms with Crippen LogP contribution in [0.25, 0.3) is 0 Å². The van der Waals surface area contributed by atoms with Gasteiger partial charge >= 0.3 is 0 Å². The highest BCUT2D eigenvalue weighted by Gasteiger charge is 2.37. The molecule has 0 saturated heterocycles. The summed E-state index contributed by atoms with van der Waals surface area (Å²) < 4.78 is 0. The molecule has 0 aromatic carbocycles. The van der Waals surface area contributed by atoms with Crippen molar-refractivity contribution in [2.75, 3.05) is 0 Å². The first-order chi connectivity index (χ1) is 4.66. The van der Waals surface area contributed by atoms with Crippen LogP contribution in [-0.2, 0) is 0 Å². The summed E-state index contributed by atoms with van der Waals surface area (Å²) in [4.78, 5) is 0. The van der Waals surface area contributed by atoms with E-state index in [1.807, 2.05) is 0 Å². The van der Waals surface area contributed by atoms with Crippen molar-refractivity contribution in [3.8, 4) is 0 Å². The Morgan fingerprint density at radius 3 is 2.40 bits per heavy atom. The van der Waals surface area contributed by atoms with Crippen molar-refractivity contribution >= 4 is 0 Å². The van der Waals surface area contributed by atoms with Crippen LogP contribution in [0.1, 0.15) is 34.1 Å². The van der Waals surface area contributed by atoms with Crippen molar-refractivity contribution in [2.45, 2.75) is 34.1 Å². The van der Waals surface area contributed by atoms with E-state index in [0.717, 1.165) is 17.8 Å². The zero-order chi connectivity index (χ0) is 7.72. The van der Waals surface area contributed by atoms with E-state index in [2.05, 4.69) is 33.8 Å². The molecule has 0 aliphatic heterocycles. The van der Waals surface area contributed by atoms with E-state index >= 15 is 0 Å². The van der Waals surface area contributed by atoms with Crippen LogP contribution < -0.4 is 0 Å². The number of allylic oxidation sites excluding steroid dienone is 2. The highest BCUT2D eigenvalue weighted by atomic mass is 14.4. The van der Waals surface area contributed by atoms with Gasteiger partial charge in [0.15, 0.2) is 0 Å². The quantitative estimate of drug-likeness (QED) is 0.514. The molecule has 2 unspecified atom stereocenters. The Balaban J connectivity index is 2.47. The average Bonchev–Trinajstić information content (AvgIpc) is 2.41. The maximum Gasteiger partial charge on any atom is -0.0140 e. The lowest BCUT2D eigenvalue weighted by molar-refractivity contribution is 0.726. The van der Waals surface area contributed by atoms with Gasteiger partial charge in [-0.1, -0.05) is 39.3 Å². The first-order valence-electron chi connectivity index (χ1n) is 4.38. The molecule has 0 amide bonds. The van der Waals surface area contributed by atoms with E-state index in [1.165, 1.54) is 6.42 Å². The third-order valence-corrected chi connectivity index (χ3v) is 2.41. The smallest absolute Gasteiger partial charge is 0.0140 e. The van der Waals surface area contributed by atoms with E-state index in [-0.39, 0.29) is 0 Å². The van der Waals surface area contributed by atoms with Gasteiger partial charge in [-0.15, -0.1) is 0 Å². The molecule has 2 atom stereocenters. The molecule has 0 radical (unpaired) electrons. The van der Waals surface area contributed by atoms with Gasteiger partial charge in [0.25, 0.3) is 0 Å². The fraction of sp³-hybridized carbons (Fsp3) is 0.800. The summed E-state index contributed by atoms with van der Waals surface area (Å²) in [7, 11) is 0. The van der Waals surface area contributed by atoms with Gasteiger partial charge in [-0.05, 0) is 24.2 Å². The molecule has 0 heterocycles. The molecule has 1 fully saturated rings. The highest BCUT2D eigenvalue weighted by Crippen LogP contribution is 2.47. The molecule has 1 rings (SSSR count). The fourth-order valence-corrected chi connectivity index (χ4v) is 1.74. The monoisotopic (exact) mass is 138 g/mol. The Morgan fingerprint density at radius 1 is 1.50 bits per heavy atom. The average molecular weight is 138 g/mol. The van der Waals surface area contributed by atoms with Gasteiger partial charge in [0.1, 0.15) is 0 Å². The van der Waals surface area contributed by atoms with Crippen molar-refractivity contribution in [3.63, 3.8) is 0 Å². The highest BCUT2D eigenvalue weighted by molar-refractivity contribution is 5.28. The predicted molar refractivity (Wildman–Crippen MR) is 45.9 cm³/mol. The van der Waals surface area contributed by atoms with Crippen LogP contribution in [0.5, 0.6) is 0 Å². The lowest BCUT2D eigenvalue weighted by Gasteiger charge is -1.90. The molecule has 0 heteroatoms. The molecule has 58 valence electrons. The molecule has 0 nitrogen and oxygen atoms in total. The Bertz CT molecular complexity index is 142. The van der Waals surface area contributed by atoms with Crippen molar-refractivity contribution in [1.29, 1.82) is 0 Å². The van der Waals surface area contributed by atoms with E-state index < -0.39 is 0 Å². The summed E-state index contributed by atoms with van der Waals surface area (Å²) >= 11 is 0. The molecule has 1 saturated carbocycles. The number of hydrogen-bond acceptors (Lipinski definition) is 0. The third-order valence-electron chi connectivity index (χ3n) is 2.41. The lowest BCUT2D eigenvalue weighted by Crippen LogP contribution is -1.76. The topological polar surface area (TPSA) is 0 Å². The second kappa shape index (κ2) is 2.77. The van der Waals surface area contributed by atoms with Crippen molar-refractivity contribution in [2.24, 2.45) is 17.8 Å². The normalized spacial score (nSPS) is 35.5. The summed E-state index contributed by atoms with van der Waals surface area (Å²) in [5.41, 5.74) is 1.71. The second-order valence-electron chi connectivity index (χ2n) is 3.71. The number of hydrogen-bond donors (Lipinski definition) is 0. The van der Waals surface area contributed by atoms with Gasteiger partial charge < -0.3 is 0 Å². The number of rotatable bonds is 2. The van der Waals surface area contributed by atoms with Crippen molar-refractivity contribution < 1.29 is 0 Å². The van der Waals surface area contributed by atoms with Crippen molar-refractivity contribution in [1.82, 2.24) is 0 Å². The Kier molecular flexibility index (Phi) is 2.18. The zero-order valence-electron chi connectivity index (χ0n) is 7.52. The standard InChI is InChI=1S/C10H18/c1-5-9-8(4)10(9)6-7(2)3/h6-9H,5H2,1-4H3. The van der Waals surface area contributed by atoms with E-state index in [9.17, 15) is 0 Å². The van der Waals surface area contributed by atoms with E-state index in [1.54, 1.807) is 5.57 Å². The minimum absolute atomic E-state index is 0.744. The predicted octanol–water partition coefficient (Wildman–Crippen LogP) is 3.24. The zero-order valence-corrected chi connectivity index (χ0v) is 7.52. The van der Waals surface area contributed by atoms with Gasteiger partial charge in [0.05, 0.1) is 0 Å². The molecule has 0 bridgehead atoms. The Morgan fingerprint density at radius 2 is 2.10 bits per heavy atom. The van der Waals surface area contributed by atoms with Gasteiger partial charge in [0.2, 0.25) is 0 Å². The van der Waals surface area contributed by atoms with Gasteiger partial charge in [-0.25, -0.2) is 0 Å². The minimum atomic E-state index is 0.744. The van der Waals surface area contributed by atoms with Gasteiger partial charge in [0, 0.05) is 0 Å². The summed E-state index contributed by atoms with van der Waals surface area (Å²) in [6, 6.07) is 0. The van der Waals surface area contributed by atoms with Crippen LogP contribution in [0.4, 0.5) is 0 Å². The molecule has 0 N–H and O–H groups in total. The minimum Gasteiger partial charge on any atom is -0.0822 e. The fourth-order valence-electron chi connectivity index (χ4n) is 1.74.